The molecule has 2 aromatic carbocycles. The number of carbonyl (C=O) groups excluding carboxylic acids is 3. The Morgan fingerprint density at radius 3 is 2.31 bits per heavy atom. The second-order valence-electron chi connectivity index (χ2n) is 9.38. The van der Waals surface area contributed by atoms with Gasteiger partial charge >= 0.3 is 5.97 Å². The van der Waals surface area contributed by atoms with E-state index in [4.69, 9.17) is 11.5 Å². The summed E-state index contributed by atoms with van der Waals surface area (Å²) in [7, 11) is 0. The molecule has 1 heterocycles. The minimum atomic E-state index is -1.20. The monoisotopic (exact) mass is 536 g/mol. The zero-order valence-corrected chi connectivity index (χ0v) is 21.7. The van der Waals surface area contributed by atoms with E-state index in [1.807, 2.05) is 54.6 Å². The summed E-state index contributed by atoms with van der Waals surface area (Å²) >= 11 is 0. The van der Waals surface area contributed by atoms with Crippen molar-refractivity contribution in [3.8, 4) is 0 Å². The minimum absolute atomic E-state index is 0.0656. The van der Waals surface area contributed by atoms with Crippen LogP contribution in [0.1, 0.15) is 30.4 Å². The zero-order valence-electron chi connectivity index (χ0n) is 21.7. The van der Waals surface area contributed by atoms with E-state index >= 15 is 0 Å². The normalized spacial score (nSPS) is 13.3. The summed E-state index contributed by atoms with van der Waals surface area (Å²) in [5, 5.41) is 18.2. The first kappa shape index (κ1) is 29.3. The van der Waals surface area contributed by atoms with Crippen LogP contribution in [0, 0.1) is 0 Å². The van der Waals surface area contributed by atoms with Crippen molar-refractivity contribution in [3.63, 3.8) is 0 Å². The first-order chi connectivity index (χ1) is 18.8. The summed E-state index contributed by atoms with van der Waals surface area (Å²) in [6.07, 6.45) is 3.64. The number of amides is 3. The molecule has 0 aliphatic heterocycles. The number of aromatic nitrogens is 1. The minimum Gasteiger partial charge on any atom is -0.480 e. The standard InChI is InChI=1S/C28H36N6O5/c29-13-7-6-12-23(34-26(36)21(30)14-18-8-2-1-3-9-18)27(37)32-17-25(35)33-24(28(38)39)15-19-16-31-22-11-5-4-10-20(19)22/h1-5,8-11,16,21,23-24,31H,6-7,12-15,17,29-30H2,(H,32,37)(H,33,35)(H,34,36)(H,38,39). The number of hydrogen-bond acceptors (Lipinski definition) is 6. The highest BCUT2D eigenvalue weighted by atomic mass is 16.4. The van der Waals surface area contributed by atoms with Crippen molar-refractivity contribution in [2.24, 2.45) is 11.5 Å². The lowest BCUT2D eigenvalue weighted by Gasteiger charge is -2.21. The number of aliphatic carboxylic acids is 1. The summed E-state index contributed by atoms with van der Waals surface area (Å²) in [6, 6.07) is 13.8. The summed E-state index contributed by atoms with van der Waals surface area (Å²) in [6.45, 7) is -0.0129. The summed E-state index contributed by atoms with van der Waals surface area (Å²) in [4.78, 5) is 53.0. The van der Waals surface area contributed by atoms with E-state index in [2.05, 4.69) is 20.9 Å². The van der Waals surface area contributed by atoms with Gasteiger partial charge in [0.2, 0.25) is 17.7 Å². The summed E-state index contributed by atoms with van der Waals surface area (Å²) in [5.74, 6) is -2.91. The molecule has 0 fully saturated rings. The molecule has 3 rings (SSSR count). The predicted octanol–water partition coefficient (Wildman–Crippen LogP) is 0.580. The smallest absolute Gasteiger partial charge is 0.326 e. The van der Waals surface area contributed by atoms with Gasteiger partial charge in [0.15, 0.2) is 0 Å². The van der Waals surface area contributed by atoms with Crippen LogP contribution in [0.5, 0.6) is 0 Å². The van der Waals surface area contributed by atoms with Crippen molar-refractivity contribution < 1.29 is 24.3 Å². The molecule has 11 heteroatoms. The molecule has 0 aliphatic carbocycles. The van der Waals surface area contributed by atoms with E-state index in [1.54, 1.807) is 6.20 Å². The van der Waals surface area contributed by atoms with Gasteiger partial charge in [0, 0.05) is 23.5 Å². The second kappa shape index (κ2) is 14.6. The van der Waals surface area contributed by atoms with Gasteiger partial charge in [-0.3, -0.25) is 14.4 Å². The highest BCUT2D eigenvalue weighted by Gasteiger charge is 2.26. The zero-order chi connectivity index (χ0) is 28.2. The number of para-hydroxylation sites is 1. The van der Waals surface area contributed by atoms with Crippen molar-refractivity contribution in [2.75, 3.05) is 13.1 Å². The maximum absolute atomic E-state index is 12.9. The molecule has 0 saturated heterocycles. The quantitative estimate of drug-likeness (QED) is 0.138. The van der Waals surface area contributed by atoms with E-state index in [0.29, 0.717) is 32.2 Å². The first-order valence-electron chi connectivity index (χ1n) is 12.9. The molecule has 11 nitrogen and oxygen atoms in total. The van der Waals surface area contributed by atoms with E-state index in [0.717, 1.165) is 22.0 Å². The van der Waals surface area contributed by atoms with Crippen LogP contribution < -0.4 is 27.4 Å². The number of rotatable bonds is 15. The Morgan fingerprint density at radius 1 is 0.872 bits per heavy atom. The van der Waals surface area contributed by atoms with Crippen molar-refractivity contribution in [2.45, 2.75) is 50.2 Å². The van der Waals surface area contributed by atoms with Crippen molar-refractivity contribution in [1.29, 1.82) is 0 Å². The van der Waals surface area contributed by atoms with E-state index < -0.39 is 48.4 Å². The third-order valence-electron chi connectivity index (χ3n) is 6.37. The van der Waals surface area contributed by atoms with Crippen LogP contribution in [0.2, 0.25) is 0 Å². The molecule has 0 spiro atoms. The van der Waals surface area contributed by atoms with Gasteiger partial charge < -0.3 is 37.5 Å². The Labute approximate surface area is 226 Å². The maximum atomic E-state index is 12.9. The Bertz CT molecular complexity index is 1260. The van der Waals surface area contributed by atoms with Crippen LogP contribution in [0.4, 0.5) is 0 Å². The number of fused-ring (bicyclic) bond motifs is 1. The van der Waals surface area contributed by atoms with Crippen LogP contribution in [0.3, 0.4) is 0 Å². The van der Waals surface area contributed by atoms with Gasteiger partial charge in [-0.1, -0.05) is 48.5 Å². The van der Waals surface area contributed by atoms with Crippen molar-refractivity contribution >= 4 is 34.6 Å². The molecule has 0 radical (unpaired) electrons. The molecule has 0 saturated carbocycles. The number of carboxylic acid groups (broad SMARTS) is 1. The van der Waals surface area contributed by atoms with Gasteiger partial charge in [0.1, 0.15) is 12.1 Å². The summed E-state index contributed by atoms with van der Waals surface area (Å²) in [5.41, 5.74) is 14.1. The topological polar surface area (TPSA) is 192 Å². The lowest BCUT2D eigenvalue weighted by atomic mass is 10.0. The van der Waals surface area contributed by atoms with E-state index in [-0.39, 0.29) is 6.42 Å². The van der Waals surface area contributed by atoms with Crippen molar-refractivity contribution in [1.82, 2.24) is 20.9 Å². The number of benzene rings is 2. The average Bonchev–Trinajstić information content (AvgIpc) is 3.34. The lowest BCUT2D eigenvalue weighted by molar-refractivity contribution is -0.141. The SMILES string of the molecule is NCCCCC(NC(=O)C(N)Cc1ccccc1)C(=O)NCC(=O)NC(Cc1c[nH]c2ccccc12)C(=O)O. The van der Waals surface area contributed by atoms with Crippen LogP contribution in [0.25, 0.3) is 10.9 Å². The number of carboxylic acids is 1. The molecule has 3 unspecified atom stereocenters. The van der Waals surface area contributed by atoms with Gasteiger partial charge in [-0.2, -0.15) is 0 Å². The van der Waals surface area contributed by atoms with Crippen LogP contribution in [0.15, 0.2) is 60.8 Å². The fourth-order valence-corrected chi connectivity index (χ4v) is 4.26. The molecule has 208 valence electrons. The molecule has 3 aromatic rings. The van der Waals surface area contributed by atoms with E-state index in [9.17, 15) is 24.3 Å². The van der Waals surface area contributed by atoms with Crippen molar-refractivity contribution in [3.05, 3.63) is 71.9 Å². The average molecular weight is 537 g/mol. The van der Waals surface area contributed by atoms with Gasteiger partial charge in [0.25, 0.3) is 0 Å². The molecule has 0 aliphatic rings. The highest BCUT2D eigenvalue weighted by molar-refractivity contribution is 5.93. The Kier molecular flexibility index (Phi) is 11.0. The number of nitrogens with two attached hydrogens (primary N) is 2. The summed E-state index contributed by atoms with van der Waals surface area (Å²) < 4.78 is 0. The van der Waals surface area contributed by atoms with Gasteiger partial charge in [0.05, 0.1) is 12.6 Å². The van der Waals surface area contributed by atoms with Crippen LogP contribution in [-0.4, -0.2) is 65.0 Å². The van der Waals surface area contributed by atoms with E-state index in [1.165, 1.54) is 0 Å². The molecule has 3 amide bonds. The number of nitrogens with one attached hydrogen (secondary N) is 4. The van der Waals surface area contributed by atoms with Crippen LogP contribution in [-0.2, 0) is 32.0 Å². The Hall–Kier alpha value is -4.22. The molecule has 0 bridgehead atoms. The lowest BCUT2D eigenvalue weighted by Crippen LogP contribution is -2.54. The Morgan fingerprint density at radius 2 is 1.59 bits per heavy atom. The highest BCUT2D eigenvalue weighted by Crippen LogP contribution is 2.19. The third-order valence-corrected chi connectivity index (χ3v) is 6.37. The molecule has 39 heavy (non-hydrogen) atoms. The maximum Gasteiger partial charge on any atom is 0.326 e. The van der Waals surface area contributed by atoms with Crippen LogP contribution >= 0.6 is 0 Å². The number of unbranched alkanes of at least 4 members (excludes halogenated alkanes) is 1. The van der Waals surface area contributed by atoms with Gasteiger partial charge in [-0.15, -0.1) is 0 Å². The fourth-order valence-electron chi connectivity index (χ4n) is 4.26. The largest absolute Gasteiger partial charge is 0.480 e. The number of aromatic amines is 1. The van der Waals surface area contributed by atoms with Gasteiger partial charge in [-0.25, -0.2) is 4.79 Å². The number of H-pyrrole nitrogens is 1. The Balaban J connectivity index is 1.55. The third kappa shape index (κ3) is 8.94. The first-order valence-corrected chi connectivity index (χ1v) is 12.9. The second-order valence-corrected chi connectivity index (χ2v) is 9.38. The fraction of sp³-hybridized carbons (Fsp3) is 0.357. The predicted molar refractivity (Wildman–Crippen MR) is 148 cm³/mol. The number of carbonyl (C=O) groups is 4. The molecule has 9 N–H and O–H groups in total. The molecule has 1 aromatic heterocycles. The number of hydrogen-bond donors (Lipinski definition) is 7. The molecular weight excluding hydrogens is 500 g/mol. The van der Waals surface area contributed by atoms with Gasteiger partial charge in [-0.05, 0) is 49.4 Å². The molecule has 3 atom stereocenters. The molecular formula is C28H36N6O5.